The molecule has 51 heavy (non-hydrogen) atoms. The van der Waals surface area contributed by atoms with Gasteiger partial charge >= 0.3 is 12.0 Å². The maximum atomic E-state index is 12.9. The lowest BCUT2D eigenvalue weighted by molar-refractivity contribution is -0.460. The van der Waals surface area contributed by atoms with Crippen LogP contribution in [0.3, 0.4) is 0 Å². The molecule has 1 aliphatic heterocycles. The van der Waals surface area contributed by atoms with Gasteiger partial charge in [0.25, 0.3) is 0 Å². The number of aromatic nitrogens is 2. The fourth-order valence-corrected chi connectivity index (χ4v) is 7.27. The summed E-state index contributed by atoms with van der Waals surface area (Å²) in [5, 5.41) is 8.73. The zero-order valence-corrected chi connectivity index (χ0v) is 32.8. The third-order valence-electron chi connectivity index (χ3n) is 9.05. The molecule has 1 N–H and O–H groups in total. The summed E-state index contributed by atoms with van der Waals surface area (Å²) in [7, 11) is -1.06. The second-order valence-corrected chi connectivity index (χ2v) is 15.5. The zero-order chi connectivity index (χ0) is 36.5. The largest absolute Gasteiger partial charge is 0.481 e. The molecule has 1 aliphatic rings. The molecule has 1 aromatic rings. The molecular weight excluding hydrogens is 665 g/mol. The van der Waals surface area contributed by atoms with Crippen molar-refractivity contribution in [2.24, 2.45) is 0 Å². The molecule has 0 spiro atoms. The number of hydrogen-bond acceptors (Lipinski definition) is 8. The highest BCUT2D eigenvalue weighted by atomic mass is 32.2. The van der Waals surface area contributed by atoms with Crippen LogP contribution in [0, 0.1) is 0 Å². The van der Waals surface area contributed by atoms with E-state index in [0.717, 1.165) is 45.3 Å². The monoisotopic (exact) mass is 736 g/mol. The summed E-state index contributed by atoms with van der Waals surface area (Å²) in [6.07, 6.45) is 35.1. The number of ether oxygens (including phenoxy) is 3. The van der Waals surface area contributed by atoms with Crippen molar-refractivity contribution < 1.29 is 32.9 Å². The van der Waals surface area contributed by atoms with E-state index in [9.17, 15) is 9.00 Å². The first kappa shape index (κ1) is 44.8. The van der Waals surface area contributed by atoms with Gasteiger partial charge < -0.3 is 24.2 Å². The van der Waals surface area contributed by atoms with Gasteiger partial charge in [-0.05, 0) is 38.2 Å². The van der Waals surface area contributed by atoms with Gasteiger partial charge in [-0.1, -0.05) is 103 Å². The normalized spacial score (nSPS) is 14.8. The quantitative estimate of drug-likeness (QED) is 0.0535. The lowest BCUT2D eigenvalue weighted by atomic mass is 10.0. The Morgan fingerprint density at radius 3 is 2.10 bits per heavy atom. The van der Waals surface area contributed by atoms with Crippen LogP contribution in [0.2, 0.25) is 0 Å². The molecule has 11 heteroatoms. The number of aliphatic carboxylic acids is 1. The summed E-state index contributed by atoms with van der Waals surface area (Å²) in [5.41, 5.74) is 0. The summed E-state index contributed by atoms with van der Waals surface area (Å²) in [6.45, 7) is 6.32. The van der Waals surface area contributed by atoms with Crippen LogP contribution in [-0.4, -0.2) is 98.2 Å². The van der Waals surface area contributed by atoms with Crippen LogP contribution in [0.15, 0.2) is 30.9 Å². The van der Waals surface area contributed by atoms with Crippen LogP contribution in [0.1, 0.15) is 148 Å². The Labute approximate surface area is 312 Å². The summed E-state index contributed by atoms with van der Waals surface area (Å²) in [5.74, 6) is 0.207. The lowest BCUT2D eigenvalue weighted by Gasteiger charge is -2.18. The molecule has 292 valence electrons. The molecule has 2 unspecified atom stereocenters. The van der Waals surface area contributed by atoms with Crippen LogP contribution < -0.4 is 4.74 Å². The van der Waals surface area contributed by atoms with Gasteiger partial charge in [0.05, 0.1) is 18.6 Å². The van der Waals surface area contributed by atoms with Gasteiger partial charge in [-0.3, -0.25) is 9.00 Å². The number of carbonyl (C=O) groups is 1. The van der Waals surface area contributed by atoms with Crippen molar-refractivity contribution in [2.75, 3.05) is 51.1 Å². The first-order valence-electron chi connectivity index (χ1n) is 20.2. The van der Waals surface area contributed by atoms with Crippen molar-refractivity contribution in [2.45, 2.75) is 154 Å². The molecule has 2 atom stereocenters. The third-order valence-corrected chi connectivity index (χ3v) is 10.5. The number of hydrogen-bond donors (Lipinski definition) is 1. The molecule has 10 nitrogen and oxygen atoms in total. The third kappa shape index (κ3) is 27.0. The van der Waals surface area contributed by atoms with Crippen LogP contribution in [0.5, 0.6) is 6.01 Å². The van der Waals surface area contributed by atoms with Gasteiger partial charge in [0, 0.05) is 68.2 Å². The van der Waals surface area contributed by atoms with Crippen molar-refractivity contribution in [3.8, 4) is 6.01 Å². The van der Waals surface area contributed by atoms with Gasteiger partial charge in [-0.15, -0.1) is 0 Å². The number of unbranched alkanes of at least 4 members (excludes halogenated alkanes) is 17. The minimum atomic E-state index is -1.06. The van der Waals surface area contributed by atoms with Crippen LogP contribution in [0.4, 0.5) is 0 Å². The predicted molar refractivity (Wildman–Crippen MR) is 208 cm³/mol. The van der Waals surface area contributed by atoms with E-state index in [-0.39, 0.29) is 12.5 Å². The van der Waals surface area contributed by atoms with Gasteiger partial charge in [-0.25, -0.2) is 9.97 Å². The molecule has 2 heterocycles. The highest BCUT2D eigenvalue weighted by molar-refractivity contribution is 7.85. The topological polar surface area (TPSA) is 114 Å². The summed E-state index contributed by atoms with van der Waals surface area (Å²) in [6, 6.07) is 2.04. The maximum absolute atomic E-state index is 12.9. The fraction of sp³-hybridized carbons (Fsp3) is 0.800. The zero-order valence-electron chi connectivity index (χ0n) is 31.9. The first-order valence-corrected chi connectivity index (χ1v) is 21.7. The Morgan fingerprint density at radius 1 is 0.843 bits per heavy atom. The van der Waals surface area contributed by atoms with E-state index >= 15 is 0 Å². The Bertz CT molecular complexity index is 1060. The second kappa shape index (κ2) is 32.3. The van der Waals surface area contributed by atoms with Crippen molar-refractivity contribution in [1.29, 1.82) is 0 Å². The Morgan fingerprint density at radius 2 is 1.45 bits per heavy atom. The molecular formula is C40H71N4O6S+. The van der Waals surface area contributed by atoms with Crippen LogP contribution >= 0.6 is 0 Å². The molecule has 0 radical (unpaired) electrons. The predicted octanol–water partition coefficient (Wildman–Crippen LogP) is 8.52. The van der Waals surface area contributed by atoms with E-state index in [2.05, 4.69) is 45.0 Å². The highest BCUT2D eigenvalue weighted by Crippen LogP contribution is 2.14. The SMILES string of the molecule is CCCCCCCCCCCCCCCCCCOCC(CS(=O)CCCOCCCN1C=C[N+](=CCCCCC(=O)O)C1)Oc1ncccn1. The average molecular weight is 736 g/mol. The van der Waals surface area contributed by atoms with Crippen LogP contribution in [-0.2, 0) is 25.1 Å². The highest BCUT2D eigenvalue weighted by Gasteiger charge is 2.17. The summed E-state index contributed by atoms with van der Waals surface area (Å²) >= 11 is 0. The Hall–Kier alpha value is -2.37. The smallest absolute Gasteiger partial charge is 0.316 e. The summed E-state index contributed by atoms with van der Waals surface area (Å²) in [4.78, 5) is 21.2. The minimum Gasteiger partial charge on any atom is -0.481 e. The van der Waals surface area contributed by atoms with Gasteiger partial charge in [0.15, 0.2) is 6.20 Å². The molecule has 0 amide bonds. The standard InChI is InChI=1S/C40H70N4O6S/c1-2-3-4-5-6-7-8-9-10-11-12-13-14-15-16-20-31-49-35-38(50-40-41-25-21-26-42-40)36-51(47)34-23-33-48-32-22-28-44-30-29-43(37-44)27-19-17-18-24-39(45)46/h21,25-27,29-30,38H,2-20,22-24,28,31-37H2,1H3/p+1. The van der Waals surface area contributed by atoms with E-state index in [4.69, 9.17) is 19.3 Å². The van der Waals surface area contributed by atoms with Gasteiger partial charge in [0.1, 0.15) is 12.3 Å². The number of nitrogens with zero attached hydrogens (tertiary/aromatic N) is 4. The Kier molecular flexibility index (Phi) is 28.4. The van der Waals surface area contributed by atoms with Gasteiger partial charge in [-0.2, -0.15) is 4.58 Å². The maximum Gasteiger partial charge on any atom is 0.316 e. The minimum absolute atomic E-state index is 0.235. The van der Waals surface area contributed by atoms with E-state index < -0.39 is 16.8 Å². The van der Waals surface area contributed by atoms with E-state index in [1.54, 1.807) is 18.5 Å². The van der Waals surface area contributed by atoms with E-state index in [0.29, 0.717) is 50.4 Å². The van der Waals surface area contributed by atoms with Crippen molar-refractivity contribution in [3.05, 3.63) is 30.9 Å². The molecule has 0 bridgehead atoms. The molecule has 0 aliphatic carbocycles. The molecule has 1 aromatic heterocycles. The fourth-order valence-electron chi connectivity index (χ4n) is 6.09. The number of rotatable bonds is 36. The van der Waals surface area contributed by atoms with Gasteiger partial charge in [0.2, 0.25) is 6.67 Å². The molecule has 0 aromatic carbocycles. The van der Waals surface area contributed by atoms with Crippen molar-refractivity contribution >= 4 is 23.0 Å². The van der Waals surface area contributed by atoms with Crippen LogP contribution in [0.25, 0.3) is 0 Å². The summed E-state index contributed by atoms with van der Waals surface area (Å²) < 4.78 is 32.8. The van der Waals surface area contributed by atoms with E-state index in [1.807, 2.05) is 0 Å². The Balaban J connectivity index is 1.46. The average Bonchev–Trinajstić information content (AvgIpc) is 3.58. The first-order chi connectivity index (χ1) is 25.1. The lowest BCUT2D eigenvalue weighted by Crippen LogP contribution is -2.31. The molecule has 0 saturated carbocycles. The molecule has 0 fully saturated rings. The molecule has 0 saturated heterocycles. The number of carboxylic acids is 1. The number of carboxylic acid groups (broad SMARTS) is 1. The van der Waals surface area contributed by atoms with Crippen molar-refractivity contribution in [1.82, 2.24) is 14.9 Å². The molecule has 2 rings (SSSR count). The van der Waals surface area contributed by atoms with E-state index in [1.165, 1.54) is 96.3 Å². The van der Waals surface area contributed by atoms with Crippen molar-refractivity contribution in [3.63, 3.8) is 0 Å². The second-order valence-electron chi connectivity index (χ2n) is 13.9.